The molecular formula is C17H19N3O4S. The third kappa shape index (κ3) is 3.63. The van der Waals surface area contributed by atoms with E-state index in [-0.39, 0.29) is 27.8 Å². The number of hydrogen-bond donors (Lipinski definition) is 0. The SMILES string of the molecule is Cn1nc(C(=O)N2CCCC2CS(=O)(=O)c2ccccc2)ccc1=O. The first kappa shape index (κ1) is 17.3. The van der Waals surface area contributed by atoms with E-state index in [4.69, 9.17) is 0 Å². The van der Waals surface area contributed by atoms with E-state index in [0.717, 1.165) is 11.1 Å². The van der Waals surface area contributed by atoms with Crippen LogP contribution in [0.3, 0.4) is 0 Å². The van der Waals surface area contributed by atoms with Crippen LogP contribution < -0.4 is 5.56 Å². The van der Waals surface area contributed by atoms with Gasteiger partial charge in [0.15, 0.2) is 9.84 Å². The molecule has 1 saturated heterocycles. The molecule has 1 aliphatic rings. The number of aryl methyl sites for hydroxylation is 1. The number of benzene rings is 1. The third-order valence-electron chi connectivity index (χ3n) is 4.33. The molecule has 1 aromatic carbocycles. The molecule has 8 heteroatoms. The number of carbonyl (C=O) groups is 1. The highest BCUT2D eigenvalue weighted by molar-refractivity contribution is 7.91. The van der Waals surface area contributed by atoms with E-state index in [1.54, 1.807) is 35.2 Å². The Labute approximate surface area is 145 Å². The van der Waals surface area contributed by atoms with Crippen LogP contribution in [0, 0.1) is 0 Å². The lowest BCUT2D eigenvalue weighted by molar-refractivity contribution is 0.0740. The number of carbonyl (C=O) groups excluding carboxylic acids is 1. The van der Waals surface area contributed by atoms with Crippen molar-refractivity contribution in [1.82, 2.24) is 14.7 Å². The van der Waals surface area contributed by atoms with Crippen molar-refractivity contribution < 1.29 is 13.2 Å². The minimum absolute atomic E-state index is 0.117. The summed E-state index contributed by atoms with van der Waals surface area (Å²) in [7, 11) is -2.00. The molecule has 0 spiro atoms. The van der Waals surface area contributed by atoms with Gasteiger partial charge < -0.3 is 4.90 Å². The summed E-state index contributed by atoms with van der Waals surface area (Å²) >= 11 is 0. The highest BCUT2D eigenvalue weighted by Crippen LogP contribution is 2.23. The number of sulfone groups is 1. The van der Waals surface area contributed by atoms with Crippen LogP contribution in [0.2, 0.25) is 0 Å². The summed E-state index contributed by atoms with van der Waals surface area (Å²) in [5, 5.41) is 3.97. The average molecular weight is 361 g/mol. The third-order valence-corrected chi connectivity index (χ3v) is 6.15. The van der Waals surface area contributed by atoms with Gasteiger partial charge in [0.05, 0.1) is 10.6 Å². The topological polar surface area (TPSA) is 89.3 Å². The molecule has 0 saturated carbocycles. The Morgan fingerprint density at radius 1 is 1.20 bits per heavy atom. The number of rotatable bonds is 4. The zero-order valence-electron chi connectivity index (χ0n) is 13.8. The molecule has 2 aromatic rings. The number of hydrogen-bond acceptors (Lipinski definition) is 5. The van der Waals surface area contributed by atoms with Gasteiger partial charge in [-0.3, -0.25) is 9.59 Å². The molecule has 1 atom stereocenters. The monoisotopic (exact) mass is 361 g/mol. The first-order chi connectivity index (χ1) is 11.9. The van der Waals surface area contributed by atoms with Crippen molar-refractivity contribution in [2.45, 2.75) is 23.8 Å². The van der Waals surface area contributed by atoms with Crippen molar-refractivity contribution in [2.75, 3.05) is 12.3 Å². The van der Waals surface area contributed by atoms with Crippen molar-refractivity contribution in [2.24, 2.45) is 7.05 Å². The predicted octanol–water partition coefficient (Wildman–Crippen LogP) is 0.859. The first-order valence-electron chi connectivity index (χ1n) is 8.01. The molecular weight excluding hydrogens is 342 g/mol. The fraction of sp³-hybridized carbons (Fsp3) is 0.353. The zero-order valence-corrected chi connectivity index (χ0v) is 14.6. The second-order valence-corrected chi connectivity index (χ2v) is 8.10. The van der Waals surface area contributed by atoms with Crippen LogP contribution in [-0.2, 0) is 16.9 Å². The van der Waals surface area contributed by atoms with E-state index in [9.17, 15) is 18.0 Å². The number of amides is 1. The molecule has 0 bridgehead atoms. The van der Waals surface area contributed by atoms with Crippen molar-refractivity contribution in [3.05, 3.63) is 58.5 Å². The maximum atomic E-state index is 12.7. The molecule has 25 heavy (non-hydrogen) atoms. The van der Waals surface area contributed by atoms with Crippen molar-refractivity contribution in [3.63, 3.8) is 0 Å². The molecule has 1 unspecified atom stereocenters. The molecule has 0 aliphatic carbocycles. The minimum atomic E-state index is -3.48. The van der Waals surface area contributed by atoms with Gasteiger partial charge in [-0.25, -0.2) is 13.1 Å². The Morgan fingerprint density at radius 3 is 2.60 bits per heavy atom. The fourth-order valence-corrected chi connectivity index (χ4v) is 4.63. The van der Waals surface area contributed by atoms with Gasteiger partial charge in [0, 0.05) is 25.7 Å². The minimum Gasteiger partial charge on any atom is -0.333 e. The van der Waals surface area contributed by atoms with Crippen LogP contribution in [0.25, 0.3) is 0 Å². The normalized spacial score (nSPS) is 17.6. The summed E-state index contributed by atoms with van der Waals surface area (Å²) in [5.41, 5.74) is -0.160. The van der Waals surface area contributed by atoms with Crippen molar-refractivity contribution >= 4 is 15.7 Å². The summed E-state index contributed by atoms with van der Waals surface area (Å²) in [6, 6.07) is 10.5. The Bertz CT molecular complexity index is 938. The number of likely N-dealkylation sites (tertiary alicyclic amines) is 1. The quantitative estimate of drug-likeness (QED) is 0.806. The van der Waals surface area contributed by atoms with Gasteiger partial charge in [-0.05, 0) is 31.0 Å². The van der Waals surface area contributed by atoms with Crippen molar-refractivity contribution in [1.29, 1.82) is 0 Å². The summed E-state index contributed by atoms with van der Waals surface area (Å²) < 4.78 is 26.3. The van der Waals surface area contributed by atoms with Gasteiger partial charge in [-0.15, -0.1) is 0 Å². The van der Waals surface area contributed by atoms with Gasteiger partial charge in [0.2, 0.25) is 0 Å². The molecule has 132 valence electrons. The molecule has 3 rings (SSSR count). The second kappa shape index (κ2) is 6.79. The Morgan fingerprint density at radius 2 is 1.92 bits per heavy atom. The predicted molar refractivity (Wildman–Crippen MR) is 92.0 cm³/mol. The second-order valence-electron chi connectivity index (χ2n) is 6.07. The summed E-state index contributed by atoms with van der Waals surface area (Å²) in [6.07, 6.45) is 1.37. The maximum absolute atomic E-state index is 12.7. The zero-order chi connectivity index (χ0) is 18.0. The molecule has 2 heterocycles. The molecule has 1 fully saturated rings. The van der Waals surface area contributed by atoms with Crippen molar-refractivity contribution in [3.8, 4) is 0 Å². The average Bonchev–Trinajstić information content (AvgIpc) is 3.05. The molecule has 1 amide bonds. The Hall–Kier alpha value is -2.48. The van der Waals surface area contributed by atoms with E-state index >= 15 is 0 Å². The van der Waals surface area contributed by atoms with E-state index in [1.807, 2.05) is 0 Å². The lowest BCUT2D eigenvalue weighted by atomic mass is 10.2. The fourth-order valence-electron chi connectivity index (χ4n) is 3.02. The first-order valence-corrected chi connectivity index (χ1v) is 9.67. The van der Waals surface area contributed by atoms with Crippen LogP contribution in [-0.4, -0.2) is 47.3 Å². The summed E-state index contributed by atoms with van der Waals surface area (Å²) in [6.45, 7) is 0.484. The van der Waals surface area contributed by atoms with Gasteiger partial charge in [0.25, 0.3) is 11.5 Å². The van der Waals surface area contributed by atoms with E-state index < -0.39 is 15.9 Å². The van der Waals surface area contributed by atoms with Gasteiger partial charge in [0.1, 0.15) is 5.69 Å². The van der Waals surface area contributed by atoms with Gasteiger partial charge in [-0.1, -0.05) is 18.2 Å². The highest BCUT2D eigenvalue weighted by atomic mass is 32.2. The summed E-state index contributed by atoms with van der Waals surface area (Å²) in [5.74, 6) is -0.463. The molecule has 1 aliphatic heterocycles. The largest absolute Gasteiger partial charge is 0.333 e. The molecule has 1 aromatic heterocycles. The molecule has 0 N–H and O–H groups in total. The number of nitrogens with zero attached hydrogens (tertiary/aromatic N) is 3. The molecule has 0 radical (unpaired) electrons. The maximum Gasteiger partial charge on any atom is 0.274 e. The lowest BCUT2D eigenvalue weighted by Gasteiger charge is -2.24. The Kier molecular flexibility index (Phi) is 4.71. The van der Waals surface area contributed by atoms with Crippen LogP contribution in [0.15, 0.2) is 52.2 Å². The van der Waals surface area contributed by atoms with E-state index in [0.29, 0.717) is 13.0 Å². The standard InChI is InChI=1S/C17H19N3O4S/c1-19-16(21)10-9-15(18-19)17(22)20-11-5-6-13(20)12-25(23,24)14-7-3-2-4-8-14/h2-4,7-10,13H,5-6,11-12H2,1H3. The van der Waals surface area contributed by atoms with Gasteiger partial charge >= 0.3 is 0 Å². The van der Waals surface area contributed by atoms with E-state index in [1.165, 1.54) is 19.2 Å². The lowest BCUT2D eigenvalue weighted by Crippen LogP contribution is -2.40. The van der Waals surface area contributed by atoms with E-state index in [2.05, 4.69) is 5.10 Å². The van der Waals surface area contributed by atoms with Crippen LogP contribution in [0.5, 0.6) is 0 Å². The van der Waals surface area contributed by atoms with Crippen LogP contribution >= 0.6 is 0 Å². The smallest absolute Gasteiger partial charge is 0.274 e. The molecule has 7 nitrogen and oxygen atoms in total. The number of aromatic nitrogens is 2. The van der Waals surface area contributed by atoms with Gasteiger partial charge in [-0.2, -0.15) is 5.10 Å². The Balaban J connectivity index is 1.82. The van der Waals surface area contributed by atoms with Crippen LogP contribution in [0.4, 0.5) is 0 Å². The summed E-state index contributed by atoms with van der Waals surface area (Å²) in [4.78, 5) is 25.9. The highest BCUT2D eigenvalue weighted by Gasteiger charge is 2.34. The van der Waals surface area contributed by atoms with Crippen LogP contribution in [0.1, 0.15) is 23.3 Å².